The molecular formula is C12H11N3O4S. The molecule has 0 aliphatic carbocycles. The summed E-state index contributed by atoms with van der Waals surface area (Å²) >= 11 is 1.00. The highest BCUT2D eigenvalue weighted by atomic mass is 32.2. The number of nitro benzene ring substituents is 1. The third-order valence-corrected chi connectivity index (χ3v) is 3.41. The van der Waals surface area contributed by atoms with Gasteiger partial charge in [-0.1, -0.05) is 6.07 Å². The minimum atomic E-state index is -0.532. The maximum Gasteiger partial charge on any atom is 0.283 e. The van der Waals surface area contributed by atoms with Gasteiger partial charge < -0.3 is 10.1 Å². The van der Waals surface area contributed by atoms with Gasteiger partial charge in [0, 0.05) is 17.8 Å². The van der Waals surface area contributed by atoms with Gasteiger partial charge in [-0.3, -0.25) is 14.9 Å². The number of hydrogen-bond acceptors (Lipinski definition) is 6. The SMILES string of the molecule is Cc1cc(=O)[nH]c(Sc2ccc(CO)cc2[N+](=O)[O-])n1. The Kier molecular flexibility index (Phi) is 4.16. The molecule has 8 heteroatoms. The highest BCUT2D eigenvalue weighted by Crippen LogP contribution is 2.33. The molecule has 20 heavy (non-hydrogen) atoms. The van der Waals surface area contributed by atoms with Gasteiger partial charge in [0.05, 0.1) is 16.4 Å². The minimum absolute atomic E-state index is 0.134. The fraction of sp³-hybridized carbons (Fsp3) is 0.167. The molecule has 0 unspecified atom stereocenters. The van der Waals surface area contributed by atoms with Gasteiger partial charge in [-0.25, -0.2) is 4.98 Å². The van der Waals surface area contributed by atoms with Crippen molar-refractivity contribution in [3.8, 4) is 0 Å². The summed E-state index contributed by atoms with van der Waals surface area (Å²) in [5.74, 6) is 0. The number of aliphatic hydroxyl groups excluding tert-OH is 1. The maximum absolute atomic E-state index is 11.3. The standard InChI is InChI=1S/C12H11N3O4S/c1-7-4-11(17)14-12(13-7)20-10-3-2-8(6-16)5-9(10)15(18)19/h2-5,16H,6H2,1H3,(H,13,14,17). The lowest BCUT2D eigenvalue weighted by Crippen LogP contribution is -2.08. The largest absolute Gasteiger partial charge is 0.392 e. The van der Waals surface area contributed by atoms with Gasteiger partial charge in [-0.05, 0) is 30.3 Å². The van der Waals surface area contributed by atoms with Gasteiger partial charge >= 0.3 is 0 Å². The summed E-state index contributed by atoms with van der Waals surface area (Å²) in [6.07, 6.45) is 0. The van der Waals surface area contributed by atoms with Crippen LogP contribution in [0, 0.1) is 17.0 Å². The molecular weight excluding hydrogens is 282 g/mol. The molecule has 0 amide bonds. The Morgan fingerprint density at radius 2 is 2.20 bits per heavy atom. The average Bonchev–Trinajstić information content (AvgIpc) is 2.37. The first kappa shape index (κ1) is 14.2. The lowest BCUT2D eigenvalue weighted by Gasteiger charge is -2.04. The van der Waals surface area contributed by atoms with Crippen LogP contribution in [-0.4, -0.2) is 20.0 Å². The molecule has 1 aromatic heterocycles. The zero-order valence-corrected chi connectivity index (χ0v) is 11.3. The molecule has 2 N–H and O–H groups in total. The van der Waals surface area contributed by atoms with E-state index in [0.29, 0.717) is 16.2 Å². The van der Waals surface area contributed by atoms with Gasteiger partial charge in [0.1, 0.15) is 0 Å². The van der Waals surface area contributed by atoms with E-state index < -0.39 is 4.92 Å². The zero-order chi connectivity index (χ0) is 14.7. The van der Waals surface area contributed by atoms with Gasteiger partial charge in [-0.2, -0.15) is 0 Å². The van der Waals surface area contributed by atoms with Crippen LogP contribution in [0.4, 0.5) is 5.69 Å². The molecule has 2 rings (SSSR count). The highest BCUT2D eigenvalue weighted by Gasteiger charge is 2.16. The summed E-state index contributed by atoms with van der Waals surface area (Å²) in [5.41, 5.74) is 0.540. The zero-order valence-electron chi connectivity index (χ0n) is 10.5. The van der Waals surface area contributed by atoms with E-state index in [1.807, 2.05) is 0 Å². The number of H-pyrrole nitrogens is 1. The normalized spacial score (nSPS) is 10.5. The maximum atomic E-state index is 11.3. The molecule has 0 aliphatic heterocycles. The lowest BCUT2D eigenvalue weighted by molar-refractivity contribution is -0.387. The number of nitrogens with one attached hydrogen (secondary N) is 1. The first-order valence-electron chi connectivity index (χ1n) is 5.63. The van der Waals surface area contributed by atoms with Crippen LogP contribution in [0.5, 0.6) is 0 Å². The Morgan fingerprint density at radius 1 is 1.45 bits per heavy atom. The van der Waals surface area contributed by atoms with Crippen LogP contribution in [0.3, 0.4) is 0 Å². The molecule has 0 saturated carbocycles. The Balaban J connectivity index is 2.42. The van der Waals surface area contributed by atoms with Crippen LogP contribution >= 0.6 is 11.8 Å². The van der Waals surface area contributed by atoms with Crippen molar-refractivity contribution in [2.24, 2.45) is 0 Å². The summed E-state index contributed by atoms with van der Waals surface area (Å²) in [6, 6.07) is 5.75. The van der Waals surface area contributed by atoms with Crippen molar-refractivity contribution in [1.82, 2.24) is 9.97 Å². The minimum Gasteiger partial charge on any atom is -0.392 e. The van der Waals surface area contributed by atoms with E-state index in [0.717, 1.165) is 11.8 Å². The molecule has 0 bridgehead atoms. The van der Waals surface area contributed by atoms with E-state index >= 15 is 0 Å². The molecule has 0 fully saturated rings. The first-order valence-corrected chi connectivity index (χ1v) is 6.45. The third kappa shape index (κ3) is 3.22. The molecule has 0 atom stereocenters. The average molecular weight is 293 g/mol. The van der Waals surface area contributed by atoms with Crippen molar-refractivity contribution in [3.05, 3.63) is 56.0 Å². The number of aromatic nitrogens is 2. The summed E-state index contributed by atoms with van der Waals surface area (Å²) in [4.78, 5) is 28.8. The van der Waals surface area contributed by atoms with E-state index in [1.54, 1.807) is 13.0 Å². The number of nitrogens with zero attached hydrogens (tertiary/aromatic N) is 2. The van der Waals surface area contributed by atoms with Crippen molar-refractivity contribution in [3.63, 3.8) is 0 Å². The first-order chi connectivity index (χ1) is 9.49. The number of nitro groups is 1. The molecule has 0 spiro atoms. The van der Waals surface area contributed by atoms with Crippen LogP contribution in [-0.2, 0) is 6.61 Å². The summed E-state index contributed by atoms with van der Waals surface area (Å²) < 4.78 is 0. The lowest BCUT2D eigenvalue weighted by atomic mass is 10.2. The van der Waals surface area contributed by atoms with Crippen LogP contribution in [0.25, 0.3) is 0 Å². The van der Waals surface area contributed by atoms with Gasteiger partial charge in [0.2, 0.25) is 0 Å². The monoisotopic (exact) mass is 293 g/mol. The molecule has 7 nitrogen and oxygen atoms in total. The van der Waals surface area contributed by atoms with E-state index in [4.69, 9.17) is 5.11 Å². The molecule has 0 saturated heterocycles. The number of aryl methyl sites for hydroxylation is 1. The van der Waals surface area contributed by atoms with E-state index in [2.05, 4.69) is 9.97 Å². The van der Waals surface area contributed by atoms with Crippen LogP contribution < -0.4 is 5.56 Å². The summed E-state index contributed by atoms with van der Waals surface area (Å²) in [7, 11) is 0. The Hall–Kier alpha value is -2.19. The molecule has 0 radical (unpaired) electrons. The Labute approximate surface area is 117 Å². The second kappa shape index (κ2) is 5.85. The van der Waals surface area contributed by atoms with Crippen molar-refractivity contribution >= 4 is 17.4 Å². The highest BCUT2D eigenvalue weighted by molar-refractivity contribution is 7.99. The smallest absolute Gasteiger partial charge is 0.283 e. The quantitative estimate of drug-likeness (QED) is 0.504. The third-order valence-electron chi connectivity index (χ3n) is 2.46. The molecule has 2 aromatic rings. The van der Waals surface area contributed by atoms with Crippen molar-refractivity contribution in [2.75, 3.05) is 0 Å². The predicted molar refractivity (Wildman–Crippen MR) is 72.7 cm³/mol. The topological polar surface area (TPSA) is 109 Å². The van der Waals surface area contributed by atoms with Crippen molar-refractivity contribution in [2.45, 2.75) is 23.6 Å². The van der Waals surface area contributed by atoms with Gasteiger partial charge in [-0.15, -0.1) is 0 Å². The molecule has 104 valence electrons. The van der Waals surface area contributed by atoms with E-state index in [9.17, 15) is 14.9 Å². The van der Waals surface area contributed by atoms with Gasteiger partial charge in [0.25, 0.3) is 11.2 Å². The van der Waals surface area contributed by atoms with Crippen molar-refractivity contribution in [1.29, 1.82) is 0 Å². The van der Waals surface area contributed by atoms with Crippen LogP contribution in [0.15, 0.2) is 39.1 Å². The van der Waals surface area contributed by atoms with Gasteiger partial charge in [0.15, 0.2) is 5.16 Å². The number of rotatable bonds is 4. The fourth-order valence-corrected chi connectivity index (χ4v) is 2.52. The number of aliphatic hydroxyl groups is 1. The van der Waals surface area contributed by atoms with Crippen molar-refractivity contribution < 1.29 is 10.0 Å². The molecule has 0 aliphatic rings. The summed E-state index contributed by atoms with van der Waals surface area (Å²) in [5, 5.41) is 20.3. The van der Waals surface area contributed by atoms with E-state index in [1.165, 1.54) is 18.2 Å². The number of benzene rings is 1. The van der Waals surface area contributed by atoms with E-state index in [-0.39, 0.29) is 23.0 Å². The second-order valence-electron chi connectivity index (χ2n) is 4.01. The van der Waals surface area contributed by atoms with Crippen LogP contribution in [0.2, 0.25) is 0 Å². The fourth-order valence-electron chi connectivity index (χ4n) is 1.59. The Bertz CT molecular complexity index is 714. The second-order valence-corrected chi connectivity index (χ2v) is 5.04. The Morgan fingerprint density at radius 3 is 2.80 bits per heavy atom. The molecule has 1 heterocycles. The predicted octanol–water partition coefficient (Wildman–Crippen LogP) is 1.63. The van der Waals surface area contributed by atoms with Crippen LogP contribution in [0.1, 0.15) is 11.3 Å². The summed E-state index contributed by atoms with van der Waals surface area (Å²) in [6.45, 7) is 1.40. The number of hydrogen-bond donors (Lipinski definition) is 2. The molecule has 1 aromatic carbocycles. The number of aromatic amines is 1.